The van der Waals surface area contributed by atoms with E-state index in [0.717, 1.165) is 23.2 Å². The number of halogens is 2. The predicted octanol–water partition coefficient (Wildman–Crippen LogP) is 6.63. The molecular formula is C18H26Cl2N2S. The molecule has 1 fully saturated rings. The Labute approximate surface area is 154 Å². The molecule has 0 unspecified atom stereocenters. The Kier molecular flexibility index (Phi) is 7.58. The second-order valence-corrected chi connectivity index (χ2v) is 8.23. The van der Waals surface area contributed by atoms with Crippen LogP contribution in [-0.2, 0) is 0 Å². The summed E-state index contributed by atoms with van der Waals surface area (Å²) in [6.07, 6.45) is 4.93. The monoisotopic (exact) mass is 372 g/mol. The van der Waals surface area contributed by atoms with Crippen LogP contribution < -0.4 is 0 Å². The third kappa shape index (κ3) is 5.30. The predicted molar refractivity (Wildman–Crippen MR) is 105 cm³/mol. The molecular weight excluding hydrogens is 347 g/mol. The first kappa shape index (κ1) is 19.0. The first-order chi connectivity index (χ1) is 11.0. The molecule has 0 aliphatic carbocycles. The maximum absolute atomic E-state index is 6.30. The lowest BCUT2D eigenvalue weighted by Gasteiger charge is -2.27. The topological polar surface area (TPSA) is 15.6 Å². The van der Waals surface area contributed by atoms with Gasteiger partial charge in [0.05, 0.1) is 15.7 Å². The molecule has 1 aliphatic heterocycles. The van der Waals surface area contributed by atoms with Crippen LogP contribution in [0.5, 0.6) is 0 Å². The van der Waals surface area contributed by atoms with E-state index in [1.165, 1.54) is 25.7 Å². The van der Waals surface area contributed by atoms with Gasteiger partial charge in [0.25, 0.3) is 0 Å². The van der Waals surface area contributed by atoms with Crippen LogP contribution in [0.2, 0.25) is 10.0 Å². The number of benzene rings is 1. The Hall–Kier alpha value is -0.380. The van der Waals surface area contributed by atoms with Crippen molar-refractivity contribution in [2.24, 2.45) is 10.9 Å². The summed E-state index contributed by atoms with van der Waals surface area (Å²) >= 11 is 14.3. The number of rotatable bonds is 7. The summed E-state index contributed by atoms with van der Waals surface area (Å²) in [5.41, 5.74) is 0.771. The van der Waals surface area contributed by atoms with Gasteiger partial charge in [-0.2, -0.15) is 0 Å². The fraction of sp³-hybridized carbons (Fsp3) is 0.611. The molecule has 2 rings (SSSR count). The first-order valence-electron chi connectivity index (χ1n) is 8.45. The molecule has 23 heavy (non-hydrogen) atoms. The lowest BCUT2D eigenvalue weighted by molar-refractivity contribution is 0.300. The smallest absolute Gasteiger partial charge is 0.164 e. The largest absolute Gasteiger partial charge is 0.347 e. The molecule has 0 saturated carbocycles. The highest BCUT2D eigenvalue weighted by molar-refractivity contribution is 8.14. The SMILES string of the molecule is CCCCCN1C(=Nc2cccc(Cl)c2Cl)SC[C@@H]1CC(C)C. The Morgan fingerprint density at radius 2 is 2.09 bits per heavy atom. The average molecular weight is 373 g/mol. The van der Waals surface area contributed by atoms with Gasteiger partial charge in [-0.05, 0) is 30.9 Å². The van der Waals surface area contributed by atoms with Crippen LogP contribution in [0, 0.1) is 5.92 Å². The summed E-state index contributed by atoms with van der Waals surface area (Å²) in [7, 11) is 0. The highest BCUT2D eigenvalue weighted by Crippen LogP contribution is 2.35. The maximum Gasteiger partial charge on any atom is 0.164 e. The zero-order chi connectivity index (χ0) is 16.8. The van der Waals surface area contributed by atoms with Crippen LogP contribution in [0.25, 0.3) is 0 Å². The number of amidine groups is 1. The van der Waals surface area contributed by atoms with Crippen LogP contribution >= 0.6 is 35.0 Å². The van der Waals surface area contributed by atoms with E-state index in [1.807, 2.05) is 23.9 Å². The minimum absolute atomic E-state index is 0.545. The van der Waals surface area contributed by atoms with Crippen molar-refractivity contribution in [3.8, 4) is 0 Å². The average Bonchev–Trinajstić information content (AvgIpc) is 2.86. The zero-order valence-corrected chi connectivity index (χ0v) is 16.5. The molecule has 1 heterocycles. The number of aliphatic imine (C=N–C) groups is 1. The van der Waals surface area contributed by atoms with Crippen molar-refractivity contribution in [3.63, 3.8) is 0 Å². The molecule has 0 radical (unpaired) electrons. The number of hydrogen-bond acceptors (Lipinski definition) is 2. The van der Waals surface area contributed by atoms with E-state index in [0.29, 0.717) is 22.0 Å². The van der Waals surface area contributed by atoms with Gasteiger partial charge < -0.3 is 4.90 Å². The molecule has 1 aromatic carbocycles. The van der Waals surface area contributed by atoms with Gasteiger partial charge >= 0.3 is 0 Å². The van der Waals surface area contributed by atoms with Crippen LogP contribution in [0.3, 0.4) is 0 Å². The lowest BCUT2D eigenvalue weighted by Crippen LogP contribution is -2.35. The molecule has 1 atom stereocenters. The first-order valence-corrected chi connectivity index (χ1v) is 10.2. The summed E-state index contributed by atoms with van der Waals surface area (Å²) in [6.45, 7) is 7.90. The van der Waals surface area contributed by atoms with Crippen molar-refractivity contribution in [1.82, 2.24) is 4.90 Å². The summed E-state index contributed by atoms with van der Waals surface area (Å²) in [5.74, 6) is 1.81. The summed E-state index contributed by atoms with van der Waals surface area (Å²) in [5, 5.41) is 2.20. The molecule has 1 saturated heterocycles. The van der Waals surface area contributed by atoms with E-state index in [1.54, 1.807) is 6.07 Å². The van der Waals surface area contributed by atoms with E-state index in [2.05, 4.69) is 25.7 Å². The van der Waals surface area contributed by atoms with Gasteiger partial charge in [0, 0.05) is 18.3 Å². The lowest BCUT2D eigenvalue weighted by atomic mass is 10.0. The van der Waals surface area contributed by atoms with E-state index in [9.17, 15) is 0 Å². The van der Waals surface area contributed by atoms with Gasteiger partial charge in [0.15, 0.2) is 5.17 Å². The highest BCUT2D eigenvalue weighted by Gasteiger charge is 2.30. The molecule has 128 valence electrons. The number of thioether (sulfide) groups is 1. The minimum Gasteiger partial charge on any atom is -0.347 e. The highest BCUT2D eigenvalue weighted by atomic mass is 35.5. The molecule has 1 aromatic rings. The van der Waals surface area contributed by atoms with Gasteiger partial charge in [0.1, 0.15) is 0 Å². The fourth-order valence-corrected chi connectivity index (χ4v) is 4.39. The Balaban J connectivity index is 2.20. The summed E-state index contributed by atoms with van der Waals surface area (Å²) < 4.78 is 0. The second kappa shape index (κ2) is 9.19. The van der Waals surface area contributed by atoms with Gasteiger partial charge in [-0.15, -0.1) is 0 Å². The standard InChI is InChI=1S/C18H26Cl2N2S/c1-4-5-6-10-22-14(11-13(2)3)12-23-18(22)21-16-9-7-8-15(19)17(16)20/h7-9,13-14H,4-6,10-12H2,1-3H3/t14-/m0/s1. The van der Waals surface area contributed by atoms with Crippen molar-refractivity contribution < 1.29 is 0 Å². The van der Waals surface area contributed by atoms with Gasteiger partial charge in [0.2, 0.25) is 0 Å². The maximum atomic E-state index is 6.30. The van der Waals surface area contributed by atoms with E-state index in [4.69, 9.17) is 28.2 Å². The zero-order valence-electron chi connectivity index (χ0n) is 14.2. The van der Waals surface area contributed by atoms with Crippen LogP contribution in [-0.4, -0.2) is 28.4 Å². The molecule has 5 heteroatoms. The molecule has 2 nitrogen and oxygen atoms in total. The van der Waals surface area contributed by atoms with Gasteiger partial charge in [-0.3, -0.25) is 0 Å². The number of nitrogens with zero attached hydrogens (tertiary/aromatic N) is 2. The Morgan fingerprint density at radius 1 is 1.30 bits per heavy atom. The Bertz CT molecular complexity index is 546. The van der Waals surface area contributed by atoms with Crippen LogP contribution in [0.4, 0.5) is 5.69 Å². The van der Waals surface area contributed by atoms with Crippen molar-refractivity contribution in [1.29, 1.82) is 0 Å². The third-order valence-electron chi connectivity index (χ3n) is 3.98. The molecule has 1 aliphatic rings. The van der Waals surface area contributed by atoms with Crippen molar-refractivity contribution >= 4 is 45.8 Å². The second-order valence-electron chi connectivity index (χ2n) is 6.46. The molecule has 0 N–H and O–H groups in total. The van der Waals surface area contributed by atoms with Gasteiger partial charge in [-0.1, -0.05) is 74.6 Å². The normalized spacial score (nSPS) is 20.0. The van der Waals surface area contributed by atoms with Crippen molar-refractivity contribution in [3.05, 3.63) is 28.2 Å². The van der Waals surface area contributed by atoms with E-state index < -0.39 is 0 Å². The number of unbranched alkanes of at least 4 members (excludes halogenated alkanes) is 2. The number of hydrogen-bond donors (Lipinski definition) is 0. The quantitative estimate of drug-likeness (QED) is 0.498. The molecule has 0 bridgehead atoms. The van der Waals surface area contributed by atoms with Crippen LogP contribution in [0.1, 0.15) is 46.5 Å². The third-order valence-corrected chi connectivity index (χ3v) is 5.93. The molecule has 0 aromatic heterocycles. The Morgan fingerprint density at radius 3 is 2.78 bits per heavy atom. The fourth-order valence-electron chi connectivity index (χ4n) is 2.83. The summed E-state index contributed by atoms with van der Waals surface area (Å²) in [6, 6.07) is 6.21. The summed E-state index contributed by atoms with van der Waals surface area (Å²) in [4.78, 5) is 7.31. The van der Waals surface area contributed by atoms with E-state index in [-0.39, 0.29) is 0 Å². The molecule has 0 amide bonds. The van der Waals surface area contributed by atoms with Gasteiger partial charge in [-0.25, -0.2) is 4.99 Å². The minimum atomic E-state index is 0.545. The van der Waals surface area contributed by atoms with E-state index >= 15 is 0 Å². The molecule has 0 spiro atoms. The van der Waals surface area contributed by atoms with Crippen LogP contribution in [0.15, 0.2) is 23.2 Å². The van der Waals surface area contributed by atoms with Crippen molar-refractivity contribution in [2.45, 2.75) is 52.5 Å². The van der Waals surface area contributed by atoms with Crippen molar-refractivity contribution in [2.75, 3.05) is 12.3 Å².